The predicted octanol–water partition coefficient (Wildman–Crippen LogP) is 0.726. The van der Waals surface area contributed by atoms with Crippen molar-refractivity contribution in [1.29, 1.82) is 0 Å². The number of nitrogens with two attached hydrogens (primary N) is 1. The molecule has 0 atom stereocenters. The maximum atomic E-state index is 11.2. The van der Waals surface area contributed by atoms with E-state index >= 15 is 0 Å². The van der Waals surface area contributed by atoms with E-state index in [0.29, 0.717) is 5.65 Å². The van der Waals surface area contributed by atoms with E-state index in [1.54, 1.807) is 18.6 Å². The number of anilines is 1. The van der Waals surface area contributed by atoms with Crippen LogP contribution in [0.1, 0.15) is 12.8 Å². The molecule has 3 rings (SSSR count). The van der Waals surface area contributed by atoms with E-state index < -0.39 is 0 Å². The Hall–Kier alpha value is -2.24. The van der Waals surface area contributed by atoms with Crippen LogP contribution in [0.2, 0.25) is 0 Å². The smallest absolute Gasteiger partial charge is 0.220 e. The number of rotatable bonds is 2. The maximum Gasteiger partial charge on any atom is 0.220 e. The lowest BCUT2D eigenvalue weighted by Crippen LogP contribution is -2.38. The molecule has 0 radical (unpaired) electrons. The van der Waals surface area contributed by atoms with Gasteiger partial charge in [-0.25, -0.2) is 15.0 Å². The quantitative estimate of drug-likeness (QED) is 0.857. The van der Waals surface area contributed by atoms with Crippen LogP contribution < -0.4 is 10.6 Å². The third-order valence-electron chi connectivity index (χ3n) is 3.59. The van der Waals surface area contributed by atoms with E-state index in [1.165, 1.54) is 0 Å². The monoisotopic (exact) mass is 257 g/mol. The lowest BCUT2D eigenvalue weighted by Gasteiger charge is -2.32. The average molecular weight is 257 g/mol. The molecule has 0 aromatic carbocycles. The first-order chi connectivity index (χ1) is 9.25. The molecule has 1 fully saturated rings. The Morgan fingerprint density at radius 1 is 1.16 bits per heavy atom. The summed E-state index contributed by atoms with van der Waals surface area (Å²) in [4.78, 5) is 26.2. The molecule has 3 heterocycles. The highest BCUT2D eigenvalue weighted by molar-refractivity contribution is 5.85. The van der Waals surface area contributed by atoms with Crippen molar-refractivity contribution in [3.05, 3.63) is 24.7 Å². The van der Waals surface area contributed by atoms with E-state index in [1.807, 2.05) is 6.07 Å². The van der Waals surface area contributed by atoms with Crippen LogP contribution in [0.3, 0.4) is 0 Å². The highest BCUT2D eigenvalue weighted by Crippen LogP contribution is 2.26. The van der Waals surface area contributed by atoms with Gasteiger partial charge in [-0.15, -0.1) is 0 Å². The normalized spacial score (nSPS) is 16.7. The van der Waals surface area contributed by atoms with Gasteiger partial charge in [0.25, 0.3) is 0 Å². The minimum atomic E-state index is -0.195. The van der Waals surface area contributed by atoms with Gasteiger partial charge in [0, 0.05) is 37.6 Å². The molecule has 1 aliphatic rings. The summed E-state index contributed by atoms with van der Waals surface area (Å²) < 4.78 is 0. The third-order valence-corrected chi connectivity index (χ3v) is 3.59. The van der Waals surface area contributed by atoms with Crippen molar-refractivity contribution in [3.63, 3.8) is 0 Å². The zero-order valence-corrected chi connectivity index (χ0v) is 10.5. The number of carbonyl (C=O) groups is 1. The Balaban J connectivity index is 1.88. The number of pyridine rings is 1. The van der Waals surface area contributed by atoms with Crippen molar-refractivity contribution >= 4 is 22.8 Å². The third kappa shape index (κ3) is 2.21. The van der Waals surface area contributed by atoms with Gasteiger partial charge in [-0.3, -0.25) is 4.79 Å². The molecule has 6 heteroatoms. The topological polar surface area (TPSA) is 85.0 Å². The Morgan fingerprint density at radius 2 is 1.84 bits per heavy atom. The number of nitrogens with zero attached hydrogens (tertiary/aromatic N) is 4. The number of primary amides is 1. The van der Waals surface area contributed by atoms with Crippen molar-refractivity contribution in [2.24, 2.45) is 11.7 Å². The molecule has 0 unspecified atom stereocenters. The SMILES string of the molecule is NC(=O)C1CCN(c2ccnc3nccnc23)CC1. The molecule has 0 saturated carbocycles. The summed E-state index contributed by atoms with van der Waals surface area (Å²) in [7, 11) is 0. The molecule has 6 nitrogen and oxygen atoms in total. The molecule has 0 bridgehead atoms. The minimum Gasteiger partial charge on any atom is -0.370 e. The maximum absolute atomic E-state index is 11.2. The highest BCUT2D eigenvalue weighted by Gasteiger charge is 2.24. The van der Waals surface area contributed by atoms with Crippen LogP contribution in [-0.2, 0) is 4.79 Å². The first kappa shape index (κ1) is 11.8. The molecule has 2 N–H and O–H groups in total. The molecule has 2 aromatic rings. The Labute approximate surface area is 110 Å². The number of fused-ring (bicyclic) bond motifs is 1. The van der Waals surface area contributed by atoms with E-state index in [0.717, 1.165) is 37.1 Å². The molecule has 2 aromatic heterocycles. The van der Waals surface area contributed by atoms with E-state index in [9.17, 15) is 4.79 Å². The summed E-state index contributed by atoms with van der Waals surface area (Å²) in [6, 6.07) is 1.95. The van der Waals surface area contributed by atoms with Gasteiger partial charge in [0.1, 0.15) is 5.52 Å². The van der Waals surface area contributed by atoms with Crippen LogP contribution in [0, 0.1) is 5.92 Å². The Morgan fingerprint density at radius 3 is 2.58 bits per heavy atom. The second-order valence-corrected chi connectivity index (χ2v) is 4.72. The first-order valence-electron chi connectivity index (χ1n) is 6.35. The van der Waals surface area contributed by atoms with Crippen molar-refractivity contribution in [1.82, 2.24) is 15.0 Å². The second kappa shape index (κ2) is 4.79. The minimum absolute atomic E-state index is 0.00423. The second-order valence-electron chi connectivity index (χ2n) is 4.72. The fourth-order valence-corrected chi connectivity index (χ4v) is 2.52. The van der Waals surface area contributed by atoms with Crippen LogP contribution in [0.15, 0.2) is 24.7 Å². The van der Waals surface area contributed by atoms with Crippen LogP contribution in [-0.4, -0.2) is 33.9 Å². The van der Waals surface area contributed by atoms with Gasteiger partial charge in [0.2, 0.25) is 5.91 Å². The zero-order chi connectivity index (χ0) is 13.2. The lowest BCUT2D eigenvalue weighted by atomic mass is 9.96. The van der Waals surface area contributed by atoms with Crippen molar-refractivity contribution in [2.45, 2.75) is 12.8 Å². The van der Waals surface area contributed by atoms with Crippen LogP contribution in [0.4, 0.5) is 5.69 Å². The summed E-state index contributed by atoms with van der Waals surface area (Å²) in [5.74, 6) is -0.200. The fourth-order valence-electron chi connectivity index (χ4n) is 2.52. The molecule has 0 spiro atoms. The van der Waals surface area contributed by atoms with Gasteiger partial charge in [-0.1, -0.05) is 0 Å². The standard InChI is InChI=1S/C13H15N5O/c14-12(19)9-2-7-18(8-3-9)10-1-4-16-13-11(10)15-5-6-17-13/h1,4-6,9H,2-3,7-8H2,(H2,14,19). The van der Waals surface area contributed by atoms with Crippen LogP contribution in [0.5, 0.6) is 0 Å². The van der Waals surface area contributed by atoms with Gasteiger partial charge in [0.15, 0.2) is 5.65 Å². The van der Waals surface area contributed by atoms with Gasteiger partial charge in [-0.2, -0.15) is 0 Å². The van der Waals surface area contributed by atoms with Crippen LogP contribution >= 0.6 is 0 Å². The van der Waals surface area contributed by atoms with Crippen LogP contribution in [0.25, 0.3) is 11.2 Å². The van der Waals surface area contributed by atoms with Crippen molar-refractivity contribution in [3.8, 4) is 0 Å². The number of hydrogen-bond acceptors (Lipinski definition) is 5. The van der Waals surface area contributed by atoms with Gasteiger partial charge in [0.05, 0.1) is 5.69 Å². The molecule has 1 amide bonds. The summed E-state index contributed by atoms with van der Waals surface area (Å²) in [5.41, 5.74) is 7.84. The van der Waals surface area contributed by atoms with Crippen molar-refractivity contribution in [2.75, 3.05) is 18.0 Å². The zero-order valence-electron chi connectivity index (χ0n) is 10.5. The van der Waals surface area contributed by atoms with E-state index in [4.69, 9.17) is 5.73 Å². The molecule has 0 aliphatic carbocycles. The van der Waals surface area contributed by atoms with Crippen molar-refractivity contribution < 1.29 is 4.79 Å². The summed E-state index contributed by atoms with van der Waals surface area (Å²) in [6.45, 7) is 1.62. The molecular formula is C13H15N5O. The summed E-state index contributed by atoms with van der Waals surface area (Å²) in [6.07, 6.45) is 6.63. The summed E-state index contributed by atoms with van der Waals surface area (Å²) in [5, 5.41) is 0. The Kier molecular flexibility index (Phi) is 2.98. The van der Waals surface area contributed by atoms with Gasteiger partial charge < -0.3 is 10.6 Å². The number of amides is 1. The van der Waals surface area contributed by atoms with E-state index in [-0.39, 0.29) is 11.8 Å². The number of carbonyl (C=O) groups excluding carboxylic acids is 1. The molecule has 19 heavy (non-hydrogen) atoms. The molecule has 98 valence electrons. The number of piperidine rings is 1. The van der Waals surface area contributed by atoms with Gasteiger partial charge in [-0.05, 0) is 18.9 Å². The molecular weight excluding hydrogens is 242 g/mol. The fraction of sp³-hybridized carbons (Fsp3) is 0.385. The van der Waals surface area contributed by atoms with Gasteiger partial charge >= 0.3 is 0 Å². The molecule has 1 saturated heterocycles. The average Bonchev–Trinajstić information content (AvgIpc) is 2.47. The lowest BCUT2D eigenvalue weighted by molar-refractivity contribution is -0.122. The van der Waals surface area contributed by atoms with E-state index in [2.05, 4.69) is 19.9 Å². The first-order valence-corrected chi connectivity index (χ1v) is 6.35. The predicted molar refractivity (Wildman–Crippen MR) is 71.5 cm³/mol. The Bertz CT molecular complexity index is 602. The number of hydrogen-bond donors (Lipinski definition) is 1. The molecule has 1 aliphatic heterocycles. The number of aromatic nitrogens is 3. The largest absolute Gasteiger partial charge is 0.370 e. The highest BCUT2D eigenvalue weighted by atomic mass is 16.1. The summed E-state index contributed by atoms with van der Waals surface area (Å²) >= 11 is 0.